The van der Waals surface area contributed by atoms with Crippen molar-refractivity contribution in [2.24, 2.45) is 5.73 Å². The standard InChI is InChI=1S/C14H21NO2S/c1-13(2,3)11-4-6-12(7-5-11)18(16,17)10-14(15)8-9-14/h4-7H,8-10,15H2,1-3H3. The number of hydrogen-bond donors (Lipinski definition) is 1. The topological polar surface area (TPSA) is 60.2 Å². The highest BCUT2D eigenvalue weighted by Gasteiger charge is 2.42. The lowest BCUT2D eigenvalue weighted by molar-refractivity contribution is 0.581. The number of sulfone groups is 1. The molecule has 100 valence electrons. The fourth-order valence-electron chi connectivity index (χ4n) is 1.93. The van der Waals surface area contributed by atoms with E-state index in [4.69, 9.17) is 5.73 Å². The van der Waals surface area contributed by atoms with E-state index >= 15 is 0 Å². The normalized spacial score (nSPS) is 18.7. The van der Waals surface area contributed by atoms with Crippen molar-refractivity contribution in [1.29, 1.82) is 0 Å². The van der Waals surface area contributed by atoms with Gasteiger partial charge in [-0.15, -0.1) is 0 Å². The minimum Gasteiger partial charge on any atom is -0.324 e. The molecule has 3 nitrogen and oxygen atoms in total. The van der Waals surface area contributed by atoms with Crippen molar-refractivity contribution in [3.63, 3.8) is 0 Å². The van der Waals surface area contributed by atoms with Gasteiger partial charge < -0.3 is 5.73 Å². The molecule has 1 aliphatic carbocycles. The summed E-state index contributed by atoms with van der Waals surface area (Å²) in [5.74, 6) is 0.0643. The van der Waals surface area contributed by atoms with Crippen molar-refractivity contribution in [1.82, 2.24) is 0 Å². The molecule has 0 unspecified atom stereocenters. The van der Waals surface area contributed by atoms with Crippen LogP contribution in [-0.2, 0) is 15.3 Å². The third-order valence-electron chi connectivity index (χ3n) is 3.45. The molecule has 0 aliphatic heterocycles. The van der Waals surface area contributed by atoms with Gasteiger partial charge in [0.2, 0.25) is 0 Å². The van der Waals surface area contributed by atoms with E-state index in [1.807, 2.05) is 12.1 Å². The first kappa shape index (κ1) is 13.6. The van der Waals surface area contributed by atoms with Crippen molar-refractivity contribution in [2.45, 2.75) is 49.5 Å². The first-order valence-corrected chi connectivity index (χ1v) is 7.90. The molecule has 2 rings (SSSR count). The molecular weight excluding hydrogens is 246 g/mol. The smallest absolute Gasteiger partial charge is 0.180 e. The molecular formula is C14H21NO2S. The molecule has 0 aromatic heterocycles. The lowest BCUT2D eigenvalue weighted by Crippen LogP contribution is -2.31. The molecule has 18 heavy (non-hydrogen) atoms. The summed E-state index contributed by atoms with van der Waals surface area (Å²) < 4.78 is 24.3. The highest BCUT2D eigenvalue weighted by atomic mass is 32.2. The van der Waals surface area contributed by atoms with E-state index in [1.165, 1.54) is 0 Å². The number of benzene rings is 1. The Hall–Kier alpha value is -0.870. The average molecular weight is 267 g/mol. The number of rotatable bonds is 3. The van der Waals surface area contributed by atoms with E-state index in [9.17, 15) is 8.42 Å². The third-order valence-corrected chi connectivity index (χ3v) is 5.39. The highest BCUT2D eigenvalue weighted by molar-refractivity contribution is 7.91. The zero-order valence-electron chi connectivity index (χ0n) is 11.2. The summed E-state index contributed by atoms with van der Waals surface area (Å²) in [7, 11) is -3.24. The fraction of sp³-hybridized carbons (Fsp3) is 0.571. The summed E-state index contributed by atoms with van der Waals surface area (Å²) >= 11 is 0. The van der Waals surface area contributed by atoms with E-state index in [-0.39, 0.29) is 11.2 Å². The van der Waals surface area contributed by atoms with E-state index in [2.05, 4.69) is 20.8 Å². The quantitative estimate of drug-likeness (QED) is 0.913. The minimum atomic E-state index is -3.24. The first-order valence-electron chi connectivity index (χ1n) is 6.25. The van der Waals surface area contributed by atoms with Crippen molar-refractivity contribution in [2.75, 3.05) is 5.75 Å². The van der Waals surface area contributed by atoms with Gasteiger partial charge in [0.25, 0.3) is 0 Å². The second-order valence-electron chi connectivity index (χ2n) is 6.40. The minimum absolute atomic E-state index is 0.0356. The van der Waals surface area contributed by atoms with Crippen molar-refractivity contribution in [3.8, 4) is 0 Å². The van der Waals surface area contributed by atoms with Gasteiger partial charge in [0.1, 0.15) is 0 Å². The maximum Gasteiger partial charge on any atom is 0.180 e. The second kappa shape index (κ2) is 4.07. The molecule has 0 radical (unpaired) electrons. The predicted octanol–water partition coefficient (Wildman–Crippen LogP) is 2.25. The Morgan fingerprint density at radius 1 is 1.17 bits per heavy atom. The summed E-state index contributed by atoms with van der Waals surface area (Å²) in [6.07, 6.45) is 1.62. The molecule has 0 saturated heterocycles. The molecule has 0 spiro atoms. The Balaban J connectivity index is 2.24. The van der Waals surface area contributed by atoms with Crippen molar-refractivity contribution >= 4 is 9.84 Å². The number of nitrogens with two attached hydrogens (primary N) is 1. The Labute approximate surface area is 109 Å². The van der Waals surface area contributed by atoms with Gasteiger partial charge in [-0.25, -0.2) is 8.42 Å². The lowest BCUT2D eigenvalue weighted by atomic mass is 9.87. The zero-order valence-corrected chi connectivity index (χ0v) is 12.0. The lowest BCUT2D eigenvalue weighted by Gasteiger charge is -2.19. The van der Waals surface area contributed by atoms with E-state index < -0.39 is 15.4 Å². The first-order chi connectivity index (χ1) is 8.12. The van der Waals surface area contributed by atoms with Crippen LogP contribution in [0.5, 0.6) is 0 Å². The van der Waals surface area contributed by atoms with Crippen LogP contribution in [0.25, 0.3) is 0 Å². The molecule has 1 saturated carbocycles. The van der Waals surface area contributed by atoms with Gasteiger partial charge in [-0.2, -0.15) is 0 Å². The molecule has 1 aromatic rings. The Morgan fingerprint density at radius 2 is 1.67 bits per heavy atom. The number of hydrogen-bond acceptors (Lipinski definition) is 3. The van der Waals surface area contributed by atoms with Gasteiger partial charge in [0, 0.05) is 5.54 Å². The summed E-state index contributed by atoms with van der Waals surface area (Å²) in [6, 6.07) is 7.18. The van der Waals surface area contributed by atoms with Gasteiger partial charge in [-0.3, -0.25) is 0 Å². The fourth-order valence-corrected chi connectivity index (χ4v) is 3.69. The van der Waals surface area contributed by atoms with Crippen LogP contribution >= 0.6 is 0 Å². The molecule has 1 aromatic carbocycles. The van der Waals surface area contributed by atoms with Crippen molar-refractivity contribution < 1.29 is 8.42 Å². The SMILES string of the molecule is CC(C)(C)c1ccc(S(=O)(=O)CC2(N)CC2)cc1. The average Bonchev–Trinajstić information content (AvgIpc) is 2.94. The van der Waals surface area contributed by atoms with Gasteiger partial charge in [-0.1, -0.05) is 32.9 Å². The van der Waals surface area contributed by atoms with Crippen LogP contribution in [0, 0.1) is 0 Å². The monoisotopic (exact) mass is 267 g/mol. The van der Waals surface area contributed by atoms with Crippen LogP contribution in [0.15, 0.2) is 29.2 Å². The van der Waals surface area contributed by atoms with E-state index in [0.717, 1.165) is 18.4 Å². The highest BCUT2D eigenvalue weighted by Crippen LogP contribution is 2.35. The van der Waals surface area contributed by atoms with Crippen LogP contribution in [-0.4, -0.2) is 19.7 Å². The second-order valence-corrected chi connectivity index (χ2v) is 8.39. The Bertz CT molecular complexity index is 534. The molecule has 0 atom stereocenters. The maximum absolute atomic E-state index is 12.2. The molecule has 0 heterocycles. The van der Waals surface area contributed by atoms with Gasteiger partial charge in [-0.05, 0) is 36.0 Å². The molecule has 1 fully saturated rings. The Morgan fingerprint density at radius 3 is 2.06 bits per heavy atom. The predicted molar refractivity (Wildman–Crippen MR) is 73.3 cm³/mol. The molecule has 1 aliphatic rings. The molecule has 0 bridgehead atoms. The van der Waals surface area contributed by atoms with Crippen LogP contribution in [0.3, 0.4) is 0 Å². The van der Waals surface area contributed by atoms with Crippen LogP contribution in [0.1, 0.15) is 39.2 Å². The van der Waals surface area contributed by atoms with Gasteiger partial charge >= 0.3 is 0 Å². The van der Waals surface area contributed by atoms with Gasteiger partial charge in [0.15, 0.2) is 9.84 Å². The van der Waals surface area contributed by atoms with Crippen LogP contribution < -0.4 is 5.73 Å². The van der Waals surface area contributed by atoms with Crippen LogP contribution in [0.2, 0.25) is 0 Å². The molecule has 4 heteroatoms. The van der Waals surface area contributed by atoms with Crippen molar-refractivity contribution in [3.05, 3.63) is 29.8 Å². The summed E-state index contributed by atoms with van der Waals surface area (Å²) in [4.78, 5) is 0.382. The zero-order chi connectivity index (χ0) is 13.6. The largest absolute Gasteiger partial charge is 0.324 e. The molecule has 0 amide bonds. The summed E-state index contributed by atoms with van der Waals surface area (Å²) in [6.45, 7) is 6.32. The third kappa shape index (κ3) is 2.93. The summed E-state index contributed by atoms with van der Waals surface area (Å²) in [5, 5.41) is 0. The van der Waals surface area contributed by atoms with Gasteiger partial charge in [0.05, 0.1) is 10.6 Å². The maximum atomic E-state index is 12.2. The van der Waals surface area contributed by atoms with Crippen LogP contribution in [0.4, 0.5) is 0 Å². The molecule has 2 N–H and O–H groups in total. The van der Waals surface area contributed by atoms with E-state index in [0.29, 0.717) is 4.90 Å². The Kier molecular flexibility index (Phi) is 3.06. The van der Waals surface area contributed by atoms with E-state index in [1.54, 1.807) is 12.1 Å². The summed E-state index contributed by atoms with van der Waals surface area (Å²) in [5.41, 5.74) is 6.59.